The highest BCUT2D eigenvalue weighted by Gasteiger charge is 2.34. The molecule has 2 amide bonds. The molecule has 0 aliphatic carbocycles. The summed E-state index contributed by atoms with van der Waals surface area (Å²) in [6.45, 7) is 3.06. The number of carbonyl (C=O) groups excluding carboxylic acids is 2. The molecule has 1 fully saturated rings. The Morgan fingerprint density at radius 1 is 1.30 bits per heavy atom. The van der Waals surface area contributed by atoms with Gasteiger partial charge in [-0.1, -0.05) is 12.1 Å². The highest BCUT2D eigenvalue weighted by atomic mass is 32.2. The highest BCUT2D eigenvalue weighted by molar-refractivity contribution is 7.89. The number of rotatable bonds is 8. The van der Waals surface area contributed by atoms with Crippen molar-refractivity contribution in [2.75, 3.05) is 40.0 Å². The Labute approximate surface area is 159 Å². The molecule has 1 aromatic carbocycles. The zero-order valence-corrected chi connectivity index (χ0v) is 16.3. The molecule has 1 aromatic rings. The van der Waals surface area contributed by atoms with Crippen LogP contribution in [0.5, 0.6) is 5.75 Å². The van der Waals surface area contributed by atoms with Crippen LogP contribution in [0.25, 0.3) is 0 Å². The average molecular weight is 399 g/mol. The summed E-state index contributed by atoms with van der Waals surface area (Å²) in [4.78, 5) is 25.6. The van der Waals surface area contributed by atoms with E-state index in [0.29, 0.717) is 26.3 Å². The van der Waals surface area contributed by atoms with Crippen LogP contribution in [-0.2, 0) is 24.3 Å². The SMILES string of the molecule is COc1ccccc1S(=O)(=O)N(CCC(=O)N1CCOCC1)C(C)C(N)=O. The summed E-state index contributed by atoms with van der Waals surface area (Å²) in [7, 11) is -2.74. The van der Waals surface area contributed by atoms with Crippen LogP contribution >= 0.6 is 0 Å². The molecule has 1 unspecified atom stereocenters. The van der Waals surface area contributed by atoms with Crippen LogP contribution in [0, 0.1) is 0 Å². The van der Waals surface area contributed by atoms with E-state index in [1.165, 1.54) is 26.2 Å². The summed E-state index contributed by atoms with van der Waals surface area (Å²) < 4.78 is 37.6. The van der Waals surface area contributed by atoms with E-state index in [0.717, 1.165) is 4.31 Å². The molecular formula is C17H25N3O6S. The zero-order valence-electron chi connectivity index (χ0n) is 15.5. The maximum Gasteiger partial charge on any atom is 0.247 e. The lowest BCUT2D eigenvalue weighted by Crippen LogP contribution is -2.48. The van der Waals surface area contributed by atoms with Crippen molar-refractivity contribution in [1.82, 2.24) is 9.21 Å². The maximum atomic E-state index is 13.1. The van der Waals surface area contributed by atoms with Gasteiger partial charge in [-0.3, -0.25) is 9.59 Å². The molecule has 2 rings (SSSR count). The van der Waals surface area contributed by atoms with E-state index in [9.17, 15) is 18.0 Å². The van der Waals surface area contributed by atoms with Gasteiger partial charge >= 0.3 is 0 Å². The van der Waals surface area contributed by atoms with E-state index in [1.54, 1.807) is 17.0 Å². The van der Waals surface area contributed by atoms with Crippen LogP contribution in [0.4, 0.5) is 0 Å². The first-order valence-corrected chi connectivity index (χ1v) is 10.0. The minimum atomic E-state index is -4.10. The van der Waals surface area contributed by atoms with Gasteiger partial charge in [-0.2, -0.15) is 4.31 Å². The first-order valence-electron chi connectivity index (χ1n) is 8.58. The third kappa shape index (κ3) is 4.96. The predicted octanol–water partition coefficient (Wildman–Crippen LogP) is -0.191. The number of para-hydroxylation sites is 1. The Morgan fingerprint density at radius 2 is 1.93 bits per heavy atom. The van der Waals surface area contributed by atoms with E-state index in [2.05, 4.69) is 0 Å². The van der Waals surface area contributed by atoms with Crippen LogP contribution in [-0.4, -0.2) is 75.4 Å². The topological polar surface area (TPSA) is 119 Å². The molecule has 1 atom stereocenters. The molecule has 1 saturated heterocycles. The van der Waals surface area contributed by atoms with Gasteiger partial charge in [0.05, 0.1) is 20.3 Å². The largest absolute Gasteiger partial charge is 0.495 e. The third-order valence-electron chi connectivity index (χ3n) is 4.41. The number of hydrogen-bond acceptors (Lipinski definition) is 6. The maximum absolute atomic E-state index is 13.1. The van der Waals surface area contributed by atoms with Crippen molar-refractivity contribution < 1.29 is 27.5 Å². The summed E-state index contributed by atoms with van der Waals surface area (Å²) in [6, 6.07) is 4.98. The first kappa shape index (κ1) is 21.1. The predicted molar refractivity (Wildman–Crippen MR) is 97.6 cm³/mol. The van der Waals surface area contributed by atoms with Crippen molar-refractivity contribution in [2.45, 2.75) is 24.3 Å². The minimum Gasteiger partial charge on any atom is -0.495 e. The van der Waals surface area contributed by atoms with Gasteiger partial charge in [-0.15, -0.1) is 0 Å². The van der Waals surface area contributed by atoms with Gasteiger partial charge in [0.25, 0.3) is 0 Å². The Morgan fingerprint density at radius 3 is 2.52 bits per heavy atom. The number of nitrogens with zero attached hydrogens (tertiary/aromatic N) is 2. The van der Waals surface area contributed by atoms with Crippen molar-refractivity contribution in [3.63, 3.8) is 0 Å². The van der Waals surface area contributed by atoms with E-state index in [4.69, 9.17) is 15.2 Å². The molecule has 2 N–H and O–H groups in total. The van der Waals surface area contributed by atoms with Crippen molar-refractivity contribution >= 4 is 21.8 Å². The standard InChI is InChI=1S/C17H25N3O6S/c1-13(17(18)22)20(8-7-16(21)19-9-11-26-12-10-19)27(23,24)15-6-4-3-5-14(15)25-2/h3-6,13H,7-12H2,1-2H3,(H2,18,22). The van der Waals surface area contributed by atoms with Crippen molar-refractivity contribution in [1.29, 1.82) is 0 Å². The molecule has 150 valence electrons. The second-order valence-corrected chi connectivity index (χ2v) is 7.95. The molecule has 10 heteroatoms. The normalized spacial score (nSPS) is 16.2. The summed E-state index contributed by atoms with van der Waals surface area (Å²) in [5.74, 6) is -0.846. The Balaban J connectivity index is 2.25. The smallest absolute Gasteiger partial charge is 0.247 e. The number of amides is 2. The molecule has 27 heavy (non-hydrogen) atoms. The van der Waals surface area contributed by atoms with Gasteiger partial charge in [0.2, 0.25) is 21.8 Å². The van der Waals surface area contributed by atoms with Crippen molar-refractivity contribution in [3.8, 4) is 5.75 Å². The Bertz CT molecular complexity index is 777. The number of carbonyl (C=O) groups is 2. The number of primary amides is 1. The van der Waals surface area contributed by atoms with Gasteiger partial charge in [-0.25, -0.2) is 8.42 Å². The van der Waals surface area contributed by atoms with E-state index in [-0.39, 0.29) is 29.5 Å². The van der Waals surface area contributed by atoms with Crippen LogP contribution in [0.1, 0.15) is 13.3 Å². The Kier molecular flexibility index (Phi) is 7.17. The molecule has 0 aromatic heterocycles. The molecule has 0 spiro atoms. The van der Waals surface area contributed by atoms with Crippen LogP contribution in [0.3, 0.4) is 0 Å². The molecule has 0 saturated carbocycles. The fourth-order valence-electron chi connectivity index (χ4n) is 2.80. The van der Waals surface area contributed by atoms with Gasteiger partial charge in [0, 0.05) is 26.1 Å². The van der Waals surface area contributed by atoms with Crippen LogP contribution in [0.2, 0.25) is 0 Å². The second-order valence-electron chi connectivity index (χ2n) is 6.09. The molecule has 1 heterocycles. The third-order valence-corrected chi connectivity index (χ3v) is 6.42. The lowest BCUT2D eigenvalue weighted by molar-refractivity contribution is -0.135. The Hall–Kier alpha value is -2.17. The minimum absolute atomic E-state index is 0.0635. The number of morpholine rings is 1. The van der Waals surface area contributed by atoms with E-state index < -0.39 is 22.0 Å². The van der Waals surface area contributed by atoms with E-state index >= 15 is 0 Å². The van der Waals surface area contributed by atoms with Crippen LogP contribution < -0.4 is 10.5 Å². The monoisotopic (exact) mass is 399 g/mol. The van der Waals surface area contributed by atoms with Crippen LogP contribution in [0.15, 0.2) is 29.2 Å². The molecule has 0 bridgehead atoms. The van der Waals surface area contributed by atoms with E-state index in [1.807, 2.05) is 0 Å². The number of nitrogens with two attached hydrogens (primary N) is 1. The number of sulfonamides is 1. The fourth-order valence-corrected chi connectivity index (χ4v) is 4.56. The van der Waals surface area contributed by atoms with Gasteiger partial charge in [0.1, 0.15) is 16.7 Å². The number of benzene rings is 1. The summed E-state index contributed by atoms with van der Waals surface area (Å²) in [5.41, 5.74) is 5.34. The number of hydrogen-bond donors (Lipinski definition) is 1. The number of ether oxygens (including phenoxy) is 2. The fraction of sp³-hybridized carbons (Fsp3) is 0.529. The lowest BCUT2D eigenvalue weighted by atomic mass is 10.3. The molecule has 9 nitrogen and oxygen atoms in total. The van der Waals surface area contributed by atoms with Crippen molar-refractivity contribution in [2.24, 2.45) is 5.73 Å². The van der Waals surface area contributed by atoms with Gasteiger partial charge in [-0.05, 0) is 19.1 Å². The van der Waals surface area contributed by atoms with Gasteiger partial charge < -0.3 is 20.1 Å². The second kappa shape index (κ2) is 9.16. The quantitative estimate of drug-likeness (QED) is 0.647. The summed E-state index contributed by atoms with van der Waals surface area (Å²) >= 11 is 0. The molecule has 1 aliphatic heterocycles. The summed E-state index contributed by atoms with van der Waals surface area (Å²) in [6.07, 6.45) is -0.0635. The average Bonchev–Trinajstić information content (AvgIpc) is 2.68. The molecule has 1 aliphatic rings. The summed E-state index contributed by atoms with van der Waals surface area (Å²) in [5, 5.41) is 0. The number of methoxy groups -OCH3 is 1. The lowest BCUT2D eigenvalue weighted by Gasteiger charge is -2.30. The first-order chi connectivity index (χ1) is 12.8. The zero-order chi connectivity index (χ0) is 20.0. The van der Waals surface area contributed by atoms with Gasteiger partial charge in [0.15, 0.2) is 0 Å². The van der Waals surface area contributed by atoms with Crippen molar-refractivity contribution in [3.05, 3.63) is 24.3 Å². The highest BCUT2D eigenvalue weighted by Crippen LogP contribution is 2.27. The molecule has 0 radical (unpaired) electrons. The molecular weight excluding hydrogens is 374 g/mol.